The summed E-state index contributed by atoms with van der Waals surface area (Å²) in [5, 5.41) is 23.7. The number of carboxylic acid groups (broad SMARTS) is 2. The third-order valence-corrected chi connectivity index (χ3v) is 5.62. The SMILES string of the molecule is NCC(Cc1n[nH]c(=O)n1-c1cnc(-c2ccc(N3CCNCC3)cc2)cn1)=C(F)F.O=C(O)C(F)(F)F.O=C(O)C(F)(F)F. The van der Waals surface area contributed by atoms with Crippen molar-refractivity contribution in [3.63, 3.8) is 0 Å². The van der Waals surface area contributed by atoms with Crippen LogP contribution in [0.5, 0.6) is 0 Å². The van der Waals surface area contributed by atoms with Crippen molar-refractivity contribution in [1.82, 2.24) is 30.0 Å². The van der Waals surface area contributed by atoms with Crippen molar-refractivity contribution in [2.24, 2.45) is 5.73 Å². The van der Waals surface area contributed by atoms with Gasteiger partial charge in [-0.15, -0.1) is 0 Å². The summed E-state index contributed by atoms with van der Waals surface area (Å²) in [6.45, 7) is 3.51. The van der Waals surface area contributed by atoms with Crippen molar-refractivity contribution in [2.75, 3.05) is 37.6 Å². The third-order valence-electron chi connectivity index (χ3n) is 5.62. The van der Waals surface area contributed by atoms with Gasteiger partial charge in [-0.3, -0.25) is 4.98 Å². The zero-order chi connectivity index (χ0) is 33.9. The number of carbonyl (C=O) groups is 2. The highest BCUT2D eigenvalue weighted by Crippen LogP contribution is 2.22. The lowest BCUT2D eigenvalue weighted by molar-refractivity contribution is -0.193. The fourth-order valence-corrected chi connectivity index (χ4v) is 3.44. The minimum absolute atomic E-state index is 0.0840. The molecular formula is C24H24F8N8O5. The molecule has 1 aliphatic heterocycles. The number of H-pyrrole nitrogens is 1. The van der Waals surface area contributed by atoms with Gasteiger partial charge in [-0.25, -0.2) is 29.0 Å². The zero-order valence-electron chi connectivity index (χ0n) is 22.7. The summed E-state index contributed by atoms with van der Waals surface area (Å²) in [7, 11) is 0. The fraction of sp³-hybridized carbons (Fsp3) is 0.333. The summed E-state index contributed by atoms with van der Waals surface area (Å²) in [5.41, 5.74) is 7.13. The molecule has 0 spiro atoms. The molecule has 21 heteroatoms. The smallest absolute Gasteiger partial charge is 0.475 e. The number of hydrogen-bond donors (Lipinski definition) is 5. The molecule has 0 aliphatic carbocycles. The normalized spacial score (nSPS) is 13.1. The number of aromatic amines is 1. The molecule has 0 unspecified atom stereocenters. The molecule has 246 valence electrons. The molecule has 1 aliphatic rings. The van der Waals surface area contributed by atoms with Gasteiger partial charge >= 0.3 is 30.0 Å². The number of carboxylic acids is 2. The Hall–Kier alpha value is -4.92. The van der Waals surface area contributed by atoms with Crippen LogP contribution in [0.25, 0.3) is 17.1 Å². The number of rotatable bonds is 6. The van der Waals surface area contributed by atoms with Crippen molar-refractivity contribution in [3.05, 3.63) is 64.6 Å². The first-order chi connectivity index (χ1) is 20.9. The van der Waals surface area contributed by atoms with Crippen LogP contribution in [-0.4, -0.2) is 92.0 Å². The quantitative estimate of drug-likeness (QED) is 0.245. The number of aromatic nitrogens is 5. The predicted molar refractivity (Wildman–Crippen MR) is 140 cm³/mol. The van der Waals surface area contributed by atoms with Gasteiger partial charge in [-0.05, 0) is 12.1 Å². The molecule has 0 atom stereocenters. The topological polar surface area (TPSA) is 192 Å². The molecule has 0 bridgehead atoms. The largest absolute Gasteiger partial charge is 0.490 e. The summed E-state index contributed by atoms with van der Waals surface area (Å²) in [5.74, 6) is -5.24. The predicted octanol–water partition coefficient (Wildman–Crippen LogP) is 2.35. The number of piperazine rings is 1. The average molecular weight is 656 g/mol. The lowest BCUT2D eigenvalue weighted by Crippen LogP contribution is -2.43. The van der Waals surface area contributed by atoms with Gasteiger partial charge in [-0.1, -0.05) is 12.1 Å². The second-order valence-electron chi connectivity index (χ2n) is 8.67. The van der Waals surface area contributed by atoms with Gasteiger partial charge in [0, 0.05) is 56.0 Å². The summed E-state index contributed by atoms with van der Waals surface area (Å²) < 4.78 is 90.5. The monoisotopic (exact) mass is 656 g/mol. The summed E-state index contributed by atoms with van der Waals surface area (Å²) in [4.78, 5) is 40.9. The summed E-state index contributed by atoms with van der Waals surface area (Å²) >= 11 is 0. The van der Waals surface area contributed by atoms with Crippen LogP contribution in [0.15, 0.2) is 53.1 Å². The number of nitrogens with one attached hydrogen (secondary N) is 2. The molecule has 2 aromatic heterocycles. The Morgan fingerprint density at radius 3 is 1.87 bits per heavy atom. The minimum atomic E-state index is -5.08. The van der Waals surface area contributed by atoms with Crippen LogP contribution in [0, 0.1) is 0 Å². The molecule has 0 saturated carbocycles. The highest BCUT2D eigenvalue weighted by molar-refractivity contribution is 5.73. The van der Waals surface area contributed by atoms with Crippen LogP contribution in [0.4, 0.5) is 40.8 Å². The van der Waals surface area contributed by atoms with Crippen molar-refractivity contribution >= 4 is 17.6 Å². The lowest BCUT2D eigenvalue weighted by atomic mass is 10.1. The number of alkyl halides is 6. The molecule has 1 saturated heterocycles. The van der Waals surface area contributed by atoms with E-state index in [2.05, 4.69) is 30.4 Å². The van der Waals surface area contributed by atoms with Crippen LogP contribution in [0.2, 0.25) is 0 Å². The molecule has 4 rings (SSSR count). The van der Waals surface area contributed by atoms with Gasteiger partial charge in [0.15, 0.2) is 5.82 Å². The zero-order valence-corrected chi connectivity index (χ0v) is 22.7. The van der Waals surface area contributed by atoms with Crippen LogP contribution < -0.4 is 21.6 Å². The van der Waals surface area contributed by atoms with Gasteiger partial charge in [0.25, 0.3) is 6.08 Å². The van der Waals surface area contributed by atoms with Crippen LogP contribution in [-0.2, 0) is 16.0 Å². The first kappa shape index (κ1) is 36.3. The first-order valence-electron chi connectivity index (χ1n) is 12.3. The van der Waals surface area contributed by atoms with Gasteiger partial charge in [0.1, 0.15) is 5.82 Å². The minimum Gasteiger partial charge on any atom is -0.475 e. The van der Waals surface area contributed by atoms with Gasteiger partial charge < -0.3 is 26.2 Å². The second kappa shape index (κ2) is 15.7. The Morgan fingerprint density at radius 2 is 1.44 bits per heavy atom. The Labute approximate surface area is 247 Å². The number of hydrogen-bond acceptors (Lipinski definition) is 9. The van der Waals surface area contributed by atoms with E-state index in [1.54, 1.807) is 0 Å². The van der Waals surface area contributed by atoms with E-state index in [-0.39, 0.29) is 30.2 Å². The van der Waals surface area contributed by atoms with Crippen molar-refractivity contribution < 1.29 is 54.9 Å². The van der Waals surface area contributed by atoms with Crippen LogP contribution in [0.1, 0.15) is 5.82 Å². The molecule has 0 amide bonds. The summed E-state index contributed by atoms with van der Waals surface area (Å²) in [6, 6.07) is 8.03. The Kier molecular flexibility index (Phi) is 12.7. The fourth-order valence-electron chi connectivity index (χ4n) is 3.44. The van der Waals surface area contributed by atoms with Crippen LogP contribution in [0.3, 0.4) is 0 Å². The first-order valence-corrected chi connectivity index (χ1v) is 12.3. The lowest BCUT2D eigenvalue weighted by Gasteiger charge is -2.29. The number of anilines is 1. The maximum Gasteiger partial charge on any atom is 0.490 e. The van der Waals surface area contributed by atoms with E-state index in [9.17, 15) is 39.9 Å². The van der Waals surface area contributed by atoms with E-state index < -0.39 is 36.1 Å². The van der Waals surface area contributed by atoms with E-state index in [0.717, 1.165) is 42.0 Å². The van der Waals surface area contributed by atoms with Gasteiger partial charge in [0.05, 0.1) is 18.1 Å². The molecule has 45 heavy (non-hydrogen) atoms. The molecule has 1 aromatic carbocycles. The summed E-state index contributed by atoms with van der Waals surface area (Å²) in [6.07, 6.45) is -9.37. The number of benzene rings is 1. The number of aliphatic carboxylic acids is 2. The van der Waals surface area contributed by atoms with E-state index >= 15 is 0 Å². The van der Waals surface area contributed by atoms with Gasteiger partial charge in [-0.2, -0.15) is 40.2 Å². The van der Waals surface area contributed by atoms with E-state index in [4.69, 9.17) is 25.5 Å². The third kappa shape index (κ3) is 10.9. The Morgan fingerprint density at radius 1 is 0.911 bits per heavy atom. The molecule has 3 aromatic rings. The van der Waals surface area contributed by atoms with E-state index in [0.29, 0.717) is 5.69 Å². The number of nitrogens with two attached hydrogens (primary N) is 1. The number of nitrogens with zero attached hydrogens (tertiary/aromatic N) is 5. The molecule has 1 fully saturated rings. The Bertz CT molecular complexity index is 1490. The Balaban J connectivity index is 0.000000421. The average Bonchev–Trinajstić information content (AvgIpc) is 3.35. The molecule has 0 radical (unpaired) electrons. The highest BCUT2D eigenvalue weighted by Gasteiger charge is 2.38. The van der Waals surface area contributed by atoms with E-state index in [1.807, 2.05) is 24.3 Å². The highest BCUT2D eigenvalue weighted by atomic mass is 19.4. The standard InChI is InChI=1S/C20H22F2N8O.2C2HF3O2/c21-19(22)14(10-23)9-17-27-28-20(31)30(17)18-12-25-16(11-26-18)13-1-3-15(4-2-13)29-7-5-24-6-8-29;2*3-2(4,5)1(6)7/h1-4,11-12,24H,5-10,23H2,(H,28,31);2*(H,6,7). The second-order valence-corrected chi connectivity index (χ2v) is 8.67. The maximum absolute atomic E-state index is 13.0. The molecule has 13 nitrogen and oxygen atoms in total. The van der Waals surface area contributed by atoms with E-state index in [1.165, 1.54) is 12.4 Å². The number of halogens is 8. The van der Waals surface area contributed by atoms with Crippen molar-refractivity contribution in [1.29, 1.82) is 0 Å². The van der Waals surface area contributed by atoms with Crippen molar-refractivity contribution in [2.45, 2.75) is 18.8 Å². The molecule has 6 N–H and O–H groups in total. The molecular weight excluding hydrogens is 632 g/mol. The van der Waals surface area contributed by atoms with Crippen LogP contribution >= 0.6 is 0 Å². The maximum atomic E-state index is 13.0. The van der Waals surface area contributed by atoms with Crippen molar-refractivity contribution in [3.8, 4) is 17.1 Å². The molecule has 3 heterocycles. The van der Waals surface area contributed by atoms with Gasteiger partial charge in [0.2, 0.25) is 0 Å².